The quantitative estimate of drug-likeness (QED) is 0.904. The standard InChI is InChI=1S/C15H19FN2OS/c1-9(12-5-6-14(19-4)13(16)7-12)18-11(3)15-10(2)17-8-20-15/h5-9,11,18H,1-4H3. The van der Waals surface area contributed by atoms with Gasteiger partial charge in [0.2, 0.25) is 0 Å². The number of rotatable bonds is 5. The third-order valence-corrected chi connectivity index (χ3v) is 4.47. The molecule has 0 fully saturated rings. The van der Waals surface area contributed by atoms with Crippen LogP contribution in [0.4, 0.5) is 4.39 Å². The third-order valence-electron chi connectivity index (χ3n) is 3.35. The zero-order chi connectivity index (χ0) is 14.7. The van der Waals surface area contributed by atoms with Gasteiger partial charge in [-0.05, 0) is 38.5 Å². The van der Waals surface area contributed by atoms with Crippen LogP contribution in [0, 0.1) is 12.7 Å². The van der Waals surface area contributed by atoms with Gasteiger partial charge in [-0.1, -0.05) is 6.07 Å². The van der Waals surface area contributed by atoms with Gasteiger partial charge in [-0.3, -0.25) is 0 Å². The van der Waals surface area contributed by atoms with Gasteiger partial charge in [0.1, 0.15) is 0 Å². The van der Waals surface area contributed by atoms with Gasteiger partial charge in [-0.15, -0.1) is 11.3 Å². The molecule has 5 heteroatoms. The molecule has 0 aliphatic rings. The number of ether oxygens (including phenoxy) is 1. The summed E-state index contributed by atoms with van der Waals surface area (Å²) in [5.41, 5.74) is 3.79. The predicted octanol–water partition coefficient (Wildman–Crippen LogP) is 4.01. The maximum Gasteiger partial charge on any atom is 0.165 e. The summed E-state index contributed by atoms with van der Waals surface area (Å²) in [7, 11) is 1.47. The van der Waals surface area contributed by atoms with Crippen molar-refractivity contribution in [3.05, 3.63) is 45.7 Å². The Labute approximate surface area is 122 Å². The highest BCUT2D eigenvalue weighted by atomic mass is 32.1. The average Bonchev–Trinajstić information content (AvgIpc) is 2.84. The zero-order valence-electron chi connectivity index (χ0n) is 12.1. The normalized spacial score (nSPS) is 14.1. The molecular weight excluding hydrogens is 275 g/mol. The van der Waals surface area contributed by atoms with Crippen LogP contribution in [0.25, 0.3) is 0 Å². The summed E-state index contributed by atoms with van der Waals surface area (Å²) in [6.45, 7) is 6.12. The number of halogens is 1. The predicted molar refractivity (Wildman–Crippen MR) is 79.8 cm³/mol. The summed E-state index contributed by atoms with van der Waals surface area (Å²) in [4.78, 5) is 5.47. The Balaban J connectivity index is 2.10. The molecule has 20 heavy (non-hydrogen) atoms. The van der Waals surface area contributed by atoms with E-state index < -0.39 is 0 Å². The second kappa shape index (κ2) is 6.33. The Morgan fingerprint density at radius 2 is 2.05 bits per heavy atom. The van der Waals surface area contributed by atoms with Crippen LogP contribution in [0.5, 0.6) is 5.75 Å². The number of aromatic nitrogens is 1. The topological polar surface area (TPSA) is 34.1 Å². The number of nitrogens with one attached hydrogen (secondary N) is 1. The van der Waals surface area contributed by atoms with E-state index in [-0.39, 0.29) is 23.7 Å². The molecule has 2 atom stereocenters. The SMILES string of the molecule is COc1ccc(C(C)NC(C)c2scnc2C)cc1F. The van der Waals surface area contributed by atoms with Crippen molar-refractivity contribution in [2.75, 3.05) is 7.11 Å². The van der Waals surface area contributed by atoms with Crippen LogP contribution in [0.3, 0.4) is 0 Å². The van der Waals surface area contributed by atoms with Gasteiger partial charge >= 0.3 is 0 Å². The van der Waals surface area contributed by atoms with Crippen molar-refractivity contribution >= 4 is 11.3 Å². The van der Waals surface area contributed by atoms with Gasteiger partial charge < -0.3 is 10.1 Å². The molecule has 2 aromatic rings. The van der Waals surface area contributed by atoms with Gasteiger partial charge in [0, 0.05) is 17.0 Å². The second-order valence-corrected chi connectivity index (χ2v) is 5.69. The van der Waals surface area contributed by atoms with Crippen LogP contribution >= 0.6 is 11.3 Å². The van der Waals surface area contributed by atoms with E-state index in [1.165, 1.54) is 18.1 Å². The molecule has 0 amide bonds. The molecule has 1 aromatic carbocycles. The molecule has 0 saturated carbocycles. The van der Waals surface area contributed by atoms with E-state index in [0.29, 0.717) is 0 Å². The maximum atomic E-state index is 13.7. The van der Waals surface area contributed by atoms with E-state index in [4.69, 9.17) is 4.74 Å². The Morgan fingerprint density at radius 3 is 2.60 bits per heavy atom. The number of thiazole rings is 1. The Hall–Kier alpha value is -1.46. The van der Waals surface area contributed by atoms with Gasteiger partial charge in [-0.25, -0.2) is 9.37 Å². The van der Waals surface area contributed by atoms with E-state index in [1.54, 1.807) is 17.4 Å². The minimum absolute atomic E-state index is 0.0481. The molecule has 1 heterocycles. The van der Waals surface area contributed by atoms with E-state index >= 15 is 0 Å². The van der Waals surface area contributed by atoms with Crippen LogP contribution < -0.4 is 10.1 Å². The summed E-state index contributed by atoms with van der Waals surface area (Å²) in [6, 6.07) is 5.29. The van der Waals surface area contributed by atoms with Crippen molar-refractivity contribution in [1.82, 2.24) is 10.3 Å². The largest absolute Gasteiger partial charge is 0.494 e. The number of hydrogen-bond donors (Lipinski definition) is 1. The summed E-state index contributed by atoms with van der Waals surface area (Å²) in [6.07, 6.45) is 0. The fraction of sp³-hybridized carbons (Fsp3) is 0.400. The molecule has 3 nitrogen and oxygen atoms in total. The molecule has 1 aromatic heterocycles. The number of hydrogen-bond acceptors (Lipinski definition) is 4. The highest BCUT2D eigenvalue weighted by Crippen LogP contribution is 2.26. The Bertz CT molecular complexity index is 585. The minimum atomic E-state index is -0.333. The zero-order valence-corrected chi connectivity index (χ0v) is 12.9. The van der Waals surface area contributed by atoms with Crippen LogP contribution in [-0.4, -0.2) is 12.1 Å². The first-order valence-corrected chi connectivity index (χ1v) is 7.40. The number of nitrogens with zero attached hydrogens (tertiary/aromatic N) is 1. The molecule has 1 N–H and O–H groups in total. The van der Waals surface area contributed by atoms with Crippen LogP contribution in [0.15, 0.2) is 23.7 Å². The lowest BCUT2D eigenvalue weighted by Crippen LogP contribution is -2.22. The fourth-order valence-corrected chi connectivity index (χ4v) is 3.05. The molecule has 0 saturated heterocycles. The van der Waals surface area contributed by atoms with Crippen LogP contribution in [-0.2, 0) is 0 Å². The van der Waals surface area contributed by atoms with Gasteiger partial charge in [0.05, 0.1) is 18.3 Å². The maximum absolute atomic E-state index is 13.7. The first-order valence-electron chi connectivity index (χ1n) is 6.52. The molecule has 0 aliphatic heterocycles. The number of methoxy groups -OCH3 is 1. The highest BCUT2D eigenvalue weighted by molar-refractivity contribution is 7.09. The fourth-order valence-electron chi connectivity index (χ4n) is 2.23. The summed E-state index contributed by atoms with van der Waals surface area (Å²) < 4.78 is 18.7. The van der Waals surface area contributed by atoms with E-state index in [0.717, 1.165) is 11.3 Å². The second-order valence-electron chi connectivity index (χ2n) is 4.81. The number of aryl methyl sites for hydroxylation is 1. The lowest BCUT2D eigenvalue weighted by molar-refractivity contribution is 0.385. The Morgan fingerprint density at radius 1 is 1.30 bits per heavy atom. The first-order chi connectivity index (χ1) is 9.52. The van der Waals surface area contributed by atoms with Crippen molar-refractivity contribution in [3.63, 3.8) is 0 Å². The van der Waals surface area contributed by atoms with Gasteiger partial charge in [0.25, 0.3) is 0 Å². The molecular formula is C15H19FN2OS. The molecule has 0 spiro atoms. The molecule has 0 aliphatic carbocycles. The van der Waals surface area contributed by atoms with E-state index in [9.17, 15) is 4.39 Å². The molecule has 2 rings (SSSR count). The highest BCUT2D eigenvalue weighted by Gasteiger charge is 2.15. The Kier molecular flexibility index (Phi) is 4.73. The summed E-state index contributed by atoms with van der Waals surface area (Å²) >= 11 is 1.64. The summed E-state index contributed by atoms with van der Waals surface area (Å²) in [5, 5.41) is 3.47. The lowest BCUT2D eigenvalue weighted by Gasteiger charge is -2.20. The van der Waals surface area contributed by atoms with E-state index in [1.807, 2.05) is 25.4 Å². The molecule has 0 radical (unpaired) electrons. The third kappa shape index (κ3) is 3.16. The average molecular weight is 294 g/mol. The van der Waals surface area contributed by atoms with Crippen molar-refractivity contribution in [3.8, 4) is 5.75 Å². The van der Waals surface area contributed by atoms with Crippen molar-refractivity contribution < 1.29 is 9.13 Å². The van der Waals surface area contributed by atoms with Crippen molar-refractivity contribution in [1.29, 1.82) is 0 Å². The van der Waals surface area contributed by atoms with Gasteiger partial charge in [-0.2, -0.15) is 0 Å². The van der Waals surface area contributed by atoms with Gasteiger partial charge in [0.15, 0.2) is 11.6 Å². The van der Waals surface area contributed by atoms with Crippen LogP contribution in [0.2, 0.25) is 0 Å². The van der Waals surface area contributed by atoms with Crippen molar-refractivity contribution in [2.24, 2.45) is 0 Å². The minimum Gasteiger partial charge on any atom is -0.494 e. The number of benzene rings is 1. The van der Waals surface area contributed by atoms with Crippen LogP contribution in [0.1, 0.15) is 42.1 Å². The lowest BCUT2D eigenvalue weighted by atomic mass is 10.1. The molecule has 108 valence electrons. The summed E-state index contributed by atoms with van der Waals surface area (Å²) in [5.74, 6) is -0.0624. The van der Waals surface area contributed by atoms with E-state index in [2.05, 4.69) is 17.2 Å². The van der Waals surface area contributed by atoms with Crippen molar-refractivity contribution in [2.45, 2.75) is 32.9 Å². The smallest absolute Gasteiger partial charge is 0.165 e. The molecule has 0 bridgehead atoms. The molecule has 2 unspecified atom stereocenters. The first kappa shape index (κ1) is 14.9. The monoisotopic (exact) mass is 294 g/mol.